The maximum absolute atomic E-state index is 11.5. The van der Waals surface area contributed by atoms with Gasteiger partial charge in [0, 0.05) is 34.6 Å². The molecule has 22 heavy (non-hydrogen) atoms. The number of methoxy groups -OCH3 is 1. The monoisotopic (exact) mass is 317 g/mol. The molecule has 0 aromatic heterocycles. The average Bonchev–Trinajstić information content (AvgIpc) is 2.55. The zero-order valence-corrected chi connectivity index (χ0v) is 13.6. The summed E-state index contributed by atoms with van der Waals surface area (Å²) in [5, 5.41) is 0. The van der Waals surface area contributed by atoms with E-state index < -0.39 is 10.8 Å². The van der Waals surface area contributed by atoms with Gasteiger partial charge in [0.15, 0.2) is 0 Å². The lowest BCUT2D eigenvalue weighted by Gasteiger charge is -2.31. The van der Waals surface area contributed by atoms with E-state index in [1.54, 1.807) is 13.4 Å². The van der Waals surface area contributed by atoms with Gasteiger partial charge in [-0.25, -0.2) is 0 Å². The second-order valence-corrected chi connectivity index (χ2v) is 6.58. The molecule has 1 aliphatic heterocycles. The van der Waals surface area contributed by atoms with Crippen LogP contribution in [0.3, 0.4) is 0 Å². The molecule has 0 fully saturated rings. The molecular weight excluding hydrogens is 298 g/mol. The highest BCUT2D eigenvalue weighted by molar-refractivity contribution is 7.84. The zero-order chi connectivity index (χ0) is 15.5. The zero-order valence-electron chi connectivity index (χ0n) is 12.7. The Kier molecular flexibility index (Phi) is 4.34. The first-order valence-electron chi connectivity index (χ1n) is 7.15. The molecule has 1 heterocycles. The van der Waals surface area contributed by atoms with E-state index in [0.717, 1.165) is 35.2 Å². The average molecular weight is 317 g/mol. The Morgan fingerprint density at radius 1 is 1.23 bits per heavy atom. The van der Waals surface area contributed by atoms with Gasteiger partial charge in [-0.1, -0.05) is 12.1 Å². The van der Waals surface area contributed by atoms with Crippen molar-refractivity contribution < 1.29 is 13.7 Å². The molecule has 0 saturated heterocycles. The summed E-state index contributed by atoms with van der Waals surface area (Å²) in [6.07, 6.45) is 1.69. The van der Waals surface area contributed by atoms with E-state index in [-0.39, 0.29) is 0 Å². The van der Waals surface area contributed by atoms with Crippen LogP contribution in [-0.4, -0.2) is 30.7 Å². The summed E-state index contributed by atoms with van der Waals surface area (Å²) in [6, 6.07) is 13.8. The van der Waals surface area contributed by atoms with Gasteiger partial charge in [-0.2, -0.15) is 0 Å². The van der Waals surface area contributed by atoms with Crippen molar-refractivity contribution in [2.75, 3.05) is 31.4 Å². The molecule has 0 amide bonds. The van der Waals surface area contributed by atoms with Crippen LogP contribution in [0.15, 0.2) is 47.4 Å². The summed E-state index contributed by atoms with van der Waals surface area (Å²) in [7, 11) is 0.731. The van der Waals surface area contributed by atoms with Gasteiger partial charge in [-0.15, -0.1) is 0 Å². The lowest BCUT2D eigenvalue weighted by molar-refractivity contribution is 0.305. The fraction of sp³-hybridized carbons (Fsp3) is 0.294. The van der Waals surface area contributed by atoms with E-state index in [9.17, 15) is 4.21 Å². The molecule has 1 unspecified atom stereocenters. The summed E-state index contributed by atoms with van der Waals surface area (Å²) in [5.41, 5.74) is 2.23. The summed E-state index contributed by atoms with van der Waals surface area (Å²) in [4.78, 5) is 3.13. The van der Waals surface area contributed by atoms with Crippen LogP contribution in [0.5, 0.6) is 11.5 Å². The highest BCUT2D eigenvalue weighted by Crippen LogP contribution is 2.35. The van der Waals surface area contributed by atoms with E-state index in [1.807, 2.05) is 42.5 Å². The first-order valence-corrected chi connectivity index (χ1v) is 8.71. The molecule has 0 aliphatic carbocycles. The Labute approximate surface area is 133 Å². The molecule has 4 nitrogen and oxygen atoms in total. The predicted octanol–water partition coefficient (Wildman–Crippen LogP) is 2.83. The number of nitrogens with zero attached hydrogens (tertiary/aromatic N) is 1. The normalized spacial score (nSPS) is 14.9. The molecule has 2 aromatic rings. The van der Waals surface area contributed by atoms with E-state index in [0.29, 0.717) is 6.61 Å². The first-order chi connectivity index (χ1) is 10.7. The number of anilines is 1. The molecule has 0 spiro atoms. The molecule has 3 rings (SSSR count). The second-order valence-electron chi connectivity index (χ2n) is 5.20. The lowest BCUT2D eigenvalue weighted by atomic mass is 10.1. The molecule has 5 heteroatoms. The quantitative estimate of drug-likeness (QED) is 0.869. The van der Waals surface area contributed by atoms with E-state index in [2.05, 4.69) is 4.90 Å². The van der Waals surface area contributed by atoms with Crippen molar-refractivity contribution in [2.45, 2.75) is 11.4 Å². The van der Waals surface area contributed by atoms with E-state index in [1.165, 1.54) is 5.56 Å². The van der Waals surface area contributed by atoms with Gasteiger partial charge >= 0.3 is 0 Å². The van der Waals surface area contributed by atoms with Crippen molar-refractivity contribution in [1.82, 2.24) is 0 Å². The van der Waals surface area contributed by atoms with Gasteiger partial charge < -0.3 is 14.4 Å². The molecule has 2 aromatic carbocycles. The Bertz CT molecular complexity index is 685. The van der Waals surface area contributed by atoms with Crippen molar-refractivity contribution in [3.8, 4) is 11.5 Å². The maximum atomic E-state index is 11.5. The minimum absolute atomic E-state index is 0.677. The molecular formula is C17H19NO3S. The summed E-state index contributed by atoms with van der Waals surface area (Å²) in [6.45, 7) is 2.30. The number of hydrogen-bond donors (Lipinski definition) is 0. The SMILES string of the molecule is COc1ccc2c(c1)N(Cc1ccc(S(C)=O)cc1)CCO2. The van der Waals surface area contributed by atoms with Crippen molar-refractivity contribution in [3.05, 3.63) is 48.0 Å². The van der Waals surface area contributed by atoms with Gasteiger partial charge in [0.25, 0.3) is 0 Å². The third kappa shape index (κ3) is 3.09. The first kappa shape index (κ1) is 14.9. The second kappa shape index (κ2) is 6.40. The van der Waals surface area contributed by atoms with Gasteiger partial charge in [-0.05, 0) is 29.8 Å². The lowest BCUT2D eigenvalue weighted by Crippen LogP contribution is -2.32. The largest absolute Gasteiger partial charge is 0.497 e. The fourth-order valence-corrected chi connectivity index (χ4v) is 3.07. The van der Waals surface area contributed by atoms with E-state index >= 15 is 0 Å². The van der Waals surface area contributed by atoms with Crippen LogP contribution in [0.25, 0.3) is 0 Å². The Balaban J connectivity index is 1.83. The summed E-state index contributed by atoms with van der Waals surface area (Å²) >= 11 is 0. The van der Waals surface area contributed by atoms with Crippen molar-refractivity contribution >= 4 is 16.5 Å². The number of fused-ring (bicyclic) bond motifs is 1. The van der Waals surface area contributed by atoms with Crippen LogP contribution in [0.4, 0.5) is 5.69 Å². The van der Waals surface area contributed by atoms with Crippen LogP contribution < -0.4 is 14.4 Å². The molecule has 0 bridgehead atoms. The summed E-state index contributed by atoms with van der Waals surface area (Å²) < 4.78 is 22.5. The Hall–Kier alpha value is -2.01. The van der Waals surface area contributed by atoms with Gasteiger partial charge in [0.05, 0.1) is 19.3 Å². The molecule has 1 aliphatic rings. The highest BCUT2D eigenvalue weighted by atomic mass is 32.2. The van der Waals surface area contributed by atoms with Gasteiger partial charge in [0.2, 0.25) is 0 Å². The number of ether oxygens (including phenoxy) is 2. The Morgan fingerprint density at radius 3 is 2.68 bits per heavy atom. The molecule has 1 atom stereocenters. The number of hydrogen-bond acceptors (Lipinski definition) is 4. The summed E-state index contributed by atoms with van der Waals surface area (Å²) in [5.74, 6) is 1.71. The van der Waals surface area contributed by atoms with Crippen LogP contribution in [-0.2, 0) is 17.3 Å². The van der Waals surface area contributed by atoms with Crippen LogP contribution >= 0.6 is 0 Å². The minimum atomic E-state index is -0.935. The Morgan fingerprint density at radius 2 is 2.00 bits per heavy atom. The third-order valence-electron chi connectivity index (χ3n) is 3.75. The highest BCUT2D eigenvalue weighted by Gasteiger charge is 2.19. The number of rotatable bonds is 4. The number of benzene rings is 2. The fourth-order valence-electron chi connectivity index (χ4n) is 2.55. The topological polar surface area (TPSA) is 38.8 Å². The molecule has 0 saturated carbocycles. The van der Waals surface area contributed by atoms with Gasteiger partial charge in [-0.3, -0.25) is 4.21 Å². The minimum Gasteiger partial charge on any atom is -0.497 e. The van der Waals surface area contributed by atoms with Crippen molar-refractivity contribution in [3.63, 3.8) is 0 Å². The smallest absolute Gasteiger partial charge is 0.142 e. The third-order valence-corrected chi connectivity index (χ3v) is 4.69. The molecule has 0 N–H and O–H groups in total. The van der Waals surface area contributed by atoms with Crippen LogP contribution in [0, 0.1) is 0 Å². The van der Waals surface area contributed by atoms with Crippen LogP contribution in [0.2, 0.25) is 0 Å². The van der Waals surface area contributed by atoms with E-state index in [4.69, 9.17) is 9.47 Å². The predicted molar refractivity (Wildman–Crippen MR) is 88.3 cm³/mol. The van der Waals surface area contributed by atoms with Gasteiger partial charge in [0.1, 0.15) is 18.1 Å². The van der Waals surface area contributed by atoms with Crippen LogP contribution in [0.1, 0.15) is 5.56 Å². The molecule has 116 valence electrons. The molecule has 0 radical (unpaired) electrons. The maximum Gasteiger partial charge on any atom is 0.142 e. The van der Waals surface area contributed by atoms with Crippen molar-refractivity contribution in [1.29, 1.82) is 0 Å². The van der Waals surface area contributed by atoms with Crippen molar-refractivity contribution in [2.24, 2.45) is 0 Å². The standard InChI is InChI=1S/C17H19NO3S/c1-20-14-5-8-17-16(11-14)18(9-10-21-17)12-13-3-6-15(7-4-13)22(2)19/h3-8,11H,9-10,12H2,1-2H3.